The zero-order valence-corrected chi connectivity index (χ0v) is 16.0. The number of hydrogen-bond donors (Lipinski definition) is 1. The van der Waals surface area contributed by atoms with Crippen molar-refractivity contribution in [3.8, 4) is 5.69 Å². The second-order valence-corrected chi connectivity index (χ2v) is 6.98. The Morgan fingerprint density at radius 1 is 1.26 bits per heavy atom. The second kappa shape index (κ2) is 7.04. The summed E-state index contributed by atoms with van der Waals surface area (Å²) < 4.78 is 1.61. The van der Waals surface area contributed by atoms with E-state index in [9.17, 15) is 4.79 Å². The summed E-state index contributed by atoms with van der Waals surface area (Å²) in [5.74, 6) is -0.276. The van der Waals surface area contributed by atoms with Crippen molar-refractivity contribution in [3.63, 3.8) is 0 Å². The van der Waals surface area contributed by atoms with E-state index < -0.39 is 0 Å². The van der Waals surface area contributed by atoms with Crippen LogP contribution in [0.4, 0.5) is 11.4 Å². The number of carbonyl (C=O) groups is 1. The number of rotatable bonds is 4. The van der Waals surface area contributed by atoms with E-state index in [-0.39, 0.29) is 5.91 Å². The van der Waals surface area contributed by atoms with Crippen molar-refractivity contribution in [2.45, 2.75) is 20.3 Å². The van der Waals surface area contributed by atoms with Crippen LogP contribution in [-0.4, -0.2) is 34.0 Å². The maximum absolute atomic E-state index is 12.7. The van der Waals surface area contributed by atoms with Crippen LogP contribution in [0.1, 0.15) is 28.7 Å². The molecule has 7 heteroatoms. The normalized spacial score (nSPS) is 12.9. The van der Waals surface area contributed by atoms with Crippen molar-refractivity contribution in [2.24, 2.45) is 0 Å². The van der Waals surface area contributed by atoms with Gasteiger partial charge in [-0.25, -0.2) is 4.68 Å². The molecule has 0 bridgehead atoms. The number of nitrogens with zero attached hydrogens (tertiary/aromatic N) is 4. The van der Waals surface area contributed by atoms with Crippen molar-refractivity contribution in [1.29, 1.82) is 0 Å². The minimum absolute atomic E-state index is 0.276. The highest BCUT2D eigenvalue weighted by atomic mass is 35.5. The molecule has 4 rings (SSSR count). The molecular weight excluding hydrogens is 362 g/mol. The van der Waals surface area contributed by atoms with Gasteiger partial charge in [0.1, 0.15) is 0 Å². The molecule has 1 aliphatic rings. The summed E-state index contributed by atoms with van der Waals surface area (Å²) in [6, 6.07) is 13.3. The molecule has 2 aromatic carbocycles. The Labute approximate surface area is 162 Å². The van der Waals surface area contributed by atoms with Crippen LogP contribution in [0.15, 0.2) is 42.5 Å². The Hall–Kier alpha value is -2.86. The minimum Gasteiger partial charge on any atom is -0.371 e. The number of fused-ring (bicyclic) bond motifs is 1. The molecule has 0 atom stereocenters. The van der Waals surface area contributed by atoms with Crippen LogP contribution in [0.25, 0.3) is 5.69 Å². The zero-order valence-electron chi connectivity index (χ0n) is 15.2. The van der Waals surface area contributed by atoms with Gasteiger partial charge in [-0.15, -0.1) is 5.10 Å². The SMILES string of the molecule is CCN1CCc2ccc(NC(=O)c3nnn(-c4cccc(Cl)c4)c3C)cc21. The molecule has 138 valence electrons. The molecule has 1 aliphatic heterocycles. The topological polar surface area (TPSA) is 63.1 Å². The molecule has 6 nitrogen and oxygen atoms in total. The Morgan fingerprint density at radius 3 is 2.89 bits per heavy atom. The van der Waals surface area contributed by atoms with Crippen molar-refractivity contribution in [3.05, 3.63) is 64.4 Å². The van der Waals surface area contributed by atoms with Crippen molar-refractivity contribution in [1.82, 2.24) is 15.0 Å². The Kier molecular flexibility index (Phi) is 4.58. The molecule has 0 unspecified atom stereocenters. The van der Waals surface area contributed by atoms with Crippen LogP contribution < -0.4 is 10.2 Å². The Bertz CT molecular complexity index is 1010. The first kappa shape index (κ1) is 17.5. The monoisotopic (exact) mass is 381 g/mol. The molecule has 0 saturated heterocycles. The van der Waals surface area contributed by atoms with E-state index in [4.69, 9.17) is 11.6 Å². The quantitative estimate of drug-likeness (QED) is 0.745. The molecule has 0 spiro atoms. The fourth-order valence-electron chi connectivity index (χ4n) is 3.43. The van der Waals surface area contributed by atoms with Crippen LogP contribution >= 0.6 is 11.6 Å². The van der Waals surface area contributed by atoms with Gasteiger partial charge in [0.15, 0.2) is 5.69 Å². The van der Waals surface area contributed by atoms with Crippen LogP contribution in [0.3, 0.4) is 0 Å². The van der Waals surface area contributed by atoms with E-state index in [1.807, 2.05) is 31.2 Å². The predicted octanol–water partition coefficient (Wildman–Crippen LogP) is 3.86. The number of aromatic nitrogens is 3. The van der Waals surface area contributed by atoms with Crippen molar-refractivity contribution >= 4 is 28.9 Å². The number of carbonyl (C=O) groups excluding carboxylic acids is 1. The van der Waals surface area contributed by atoms with Gasteiger partial charge in [-0.2, -0.15) is 0 Å². The third-order valence-corrected chi connectivity index (χ3v) is 5.11. The van der Waals surface area contributed by atoms with E-state index in [0.29, 0.717) is 16.4 Å². The molecule has 0 radical (unpaired) electrons. The lowest BCUT2D eigenvalue weighted by Gasteiger charge is -2.17. The summed E-state index contributed by atoms with van der Waals surface area (Å²) in [5.41, 5.74) is 4.99. The highest BCUT2D eigenvalue weighted by Crippen LogP contribution is 2.30. The molecule has 1 N–H and O–H groups in total. The molecule has 0 aliphatic carbocycles. The summed E-state index contributed by atoms with van der Waals surface area (Å²) >= 11 is 6.05. The van der Waals surface area contributed by atoms with E-state index >= 15 is 0 Å². The molecule has 1 amide bonds. The molecule has 2 heterocycles. The lowest BCUT2D eigenvalue weighted by atomic mass is 10.1. The number of nitrogens with one attached hydrogen (secondary N) is 1. The fourth-order valence-corrected chi connectivity index (χ4v) is 3.62. The smallest absolute Gasteiger partial charge is 0.278 e. The summed E-state index contributed by atoms with van der Waals surface area (Å²) in [6.45, 7) is 5.93. The lowest BCUT2D eigenvalue weighted by molar-refractivity contribution is 0.102. The number of benzene rings is 2. The summed E-state index contributed by atoms with van der Waals surface area (Å²) in [7, 11) is 0. The maximum Gasteiger partial charge on any atom is 0.278 e. The first-order valence-corrected chi connectivity index (χ1v) is 9.32. The number of anilines is 2. The Morgan fingerprint density at radius 2 is 2.11 bits per heavy atom. The fraction of sp³-hybridized carbons (Fsp3) is 0.250. The van der Waals surface area contributed by atoms with Gasteiger partial charge in [0.2, 0.25) is 0 Å². The summed E-state index contributed by atoms with van der Waals surface area (Å²) in [4.78, 5) is 15.0. The van der Waals surface area contributed by atoms with Crippen molar-refractivity contribution < 1.29 is 4.79 Å². The average molecular weight is 382 g/mol. The van der Waals surface area contributed by atoms with Gasteiger partial charge in [-0.1, -0.05) is 28.9 Å². The highest BCUT2D eigenvalue weighted by molar-refractivity contribution is 6.30. The third-order valence-electron chi connectivity index (χ3n) is 4.88. The Balaban J connectivity index is 1.58. The number of hydrogen-bond acceptors (Lipinski definition) is 4. The van der Waals surface area contributed by atoms with Crippen LogP contribution in [0.5, 0.6) is 0 Å². The molecule has 0 saturated carbocycles. The molecule has 0 fully saturated rings. The van der Waals surface area contributed by atoms with Gasteiger partial charge in [0, 0.05) is 29.5 Å². The van der Waals surface area contributed by atoms with Gasteiger partial charge < -0.3 is 10.2 Å². The van der Waals surface area contributed by atoms with E-state index in [1.54, 1.807) is 16.8 Å². The van der Waals surface area contributed by atoms with Gasteiger partial charge >= 0.3 is 0 Å². The highest BCUT2D eigenvalue weighted by Gasteiger charge is 2.20. The summed E-state index contributed by atoms with van der Waals surface area (Å²) in [5, 5.41) is 11.7. The number of halogens is 1. The standard InChI is InChI=1S/C20H20ClN5O/c1-3-25-10-9-14-7-8-16(12-18(14)25)22-20(27)19-13(2)26(24-23-19)17-6-4-5-15(21)11-17/h4-8,11-12H,3,9-10H2,1-2H3,(H,22,27). The largest absolute Gasteiger partial charge is 0.371 e. The van der Waals surface area contributed by atoms with E-state index in [0.717, 1.165) is 30.9 Å². The van der Waals surface area contributed by atoms with Crippen LogP contribution in [0, 0.1) is 6.92 Å². The van der Waals surface area contributed by atoms with E-state index in [1.165, 1.54) is 11.3 Å². The average Bonchev–Trinajstić information content (AvgIpc) is 3.24. The van der Waals surface area contributed by atoms with Crippen LogP contribution in [-0.2, 0) is 6.42 Å². The third kappa shape index (κ3) is 3.28. The number of amides is 1. The zero-order chi connectivity index (χ0) is 19.0. The minimum atomic E-state index is -0.276. The van der Waals surface area contributed by atoms with Gasteiger partial charge in [-0.3, -0.25) is 4.79 Å². The lowest BCUT2D eigenvalue weighted by Crippen LogP contribution is -2.19. The maximum atomic E-state index is 12.7. The van der Waals surface area contributed by atoms with Gasteiger partial charge in [0.25, 0.3) is 5.91 Å². The second-order valence-electron chi connectivity index (χ2n) is 6.54. The van der Waals surface area contributed by atoms with Gasteiger partial charge in [-0.05, 0) is 56.2 Å². The predicted molar refractivity (Wildman–Crippen MR) is 107 cm³/mol. The van der Waals surface area contributed by atoms with Crippen molar-refractivity contribution in [2.75, 3.05) is 23.3 Å². The molecule has 3 aromatic rings. The molecule has 1 aromatic heterocycles. The van der Waals surface area contributed by atoms with E-state index in [2.05, 4.69) is 33.5 Å². The van der Waals surface area contributed by atoms with Crippen LogP contribution in [0.2, 0.25) is 5.02 Å². The van der Waals surface area contributed by atoms with Gasteiger partial charge in [0.05, 0.1) is 11.4 Å². The first-order chi connectivity index (χ1) is 13.1. The molecular formula is C20H20ClN5O. The molecule has 27 heavy (non-hydrogen) atoms. The summed E-state index contributed by atoms with van der Waals surface area (Å²) in [6.07, 6.45) is 1.05. The first-order valence-electron chi connectivity index (χ1n) is 8.94. The number of likely N-dealkylation sites (N-methyl/N-ethyl adjacent to an activating group) is 1.